The van der Waals surface area contributed by atoms with Crippen molar-refractivity contribution >= 4 is 11.9 Å². The van der Waals surface area contributed by atoms with E-state index in [1.54, 1.807) is 14.0 Å². The monoisotopic (exact) mass is 347 g/mol. The van der Waals surface area contributed by atoms with Crippen molar-refractivity contribution in [2.45, 2.75) is 45.6 Å². The van der Waals surface area contributed by atoms with Crippen molar-refractivity contribution in [3.8, 4) is 5.75 Å². The lowest BCUT2D eigenvalue weighted by atomic mass is 9.88. The first kappa shape index (κ1) is 19.3. The number of hydrogen-bond donors (Lipinski definition) is 0. The summed E-state index contributed by atoms with van der Waals surface area (Å²) >= 11 is 0. The molecule has 0 radical (unpaired) electrons. The van der Waals surface area contributed by atoms with Crippen molar-refractivity contribution < 1.29 is 19.1 Å². The topological polar surface area (TPSA) is 55.8 Å². The number of ether oxygens (including phenoxy) is 2. The van der Waals surface area contributed by atoms with Gasteiger partial charge in [-0.3, -0.25) is 9.59 Å². The van der Waals surface area contributed by atoms with Crippen LogP contribution in [0.3, 0.4) is 0 Å². The van der Waals surface area contributed by atoms with Crippen molar-refractivity contribution in [1.29, 1.82) is 0 Å². The smallest absolute Gasteiger partial charge is 0.310 e. The number of rotatable bonds is 7. The molecule has 5 heteroatoms. The maximum Gasteiger partial charge on any atom is 0.310 e. The van der Waals surface area contributed by atoms with Gasteiger partial charge in [0.25, 0.3) is 0 Å². The van der Waals surface area contributed by atoms with E-state index in [0.29, 0.717) is 13.1 Å². The summed E-state index contributed by atoms with van der Waals surface area (Å²) in [6.07, 6.45) is 5.33. The van der Waals surface area contributed by atoms with Crippen LogP contribution >= 0.6 is 0 Å². The summed E-state index contributed by atoms with van der Waals surface area (Å²) in [6, 6.07) is 7.70. The molecule has 0 aliphatic heterocycles. The van der Waals surface area contributed by atoms with Crippen molar-refractivity contribution in [3.05, 3.63) is 29.8 Å². The van der Waals surface area contributed by atoms with Gasteiger partial charge in [0.1, 0.15) is 5.75 Å². The fourth-order valence-electron chi connectivity index (χ4n) is 3.40. The molecule has 5 nitrogen and oxygen atoms in total. The zero-order valence-corrected chi connectivity index (χ0v) is 15.5. The third-order valence-corrected chi connectivity index (χ3v) is 4.90. The average Bonchev–Trinajstić information content (AvgIpc) is 2.67. The van der Waals surface area contributed by atoms with Gasteiger partial charge >= 0.3 is 5.97 Å². The second-order valence-electron chi connectivity index (χ2n) is 6.83. The summed E-state index contributed by atoms with van der Waals surface area (Å²) in [7, 11) is 3.02. The number of carbonyl (C=O) groups excluding carboxylic acids is 2. The van der Waals surface area contributed by atoms with E-state index in [1.165, 1.54) is 13.5 Å². The molecule has 25 heavy (non-hydrogen) atoms. The largest absolute Gasteiger partial charge is 0.497 e. The van der Waals surface area contributed by atoms with Gasteiger partial charge in [-0.05, 0) is 30.5 Å². The Labute approximate surface area is 150 Å². The van der Waals surface area contributed by atoms with Gasteiger partial charge in [0.2, 0.25) is 5.91 Å². The van der Waals surface area contributed by atoms with E-state index in [9.17, 15) is 9.59 Å². The second kappa shape index (κ2) is 9.44. The molecule has 1 saturated carbocycles. The first-order valence-corrected chi connectivity index (χ1v) is 9.04. The summed E-state index contributed by atoms with van der Waals surface area (Å²) in [6.45, 7) is 2.69. The summed E-state index contributed by atoms with van der Waals surface area (Å²) < 4.78 is 10.0. The molecule has 0 spiro atoms. The van der Waals surface area contributed by atoms with Gasteiger partial charge in [0.15, 0.2) is 0 Å². The molecular formula is C20H29NO4. The highest BCUT2D eigenvalue weighted by Gasteiger charge is 2.28. The van der Waals surface area contributed by atoms with Crippen LogP contribution in [0.25, 0.3) is 0 Å². The van der Waals surface area contributed by atoms with E-state index in [1.807, 2.05) is 29.2 Å². The number of hydrogen-bond acceptors (Lipinski definition) is 4. The first-order valence-electron chi connectivity index (χ1n) is 9.04. The number of benzene rings is 1. The molecule has 1 aliphatic rings. The lowest BCUT2D eigenvalue weighted by molar-refractivity contribution is -0.147. The number of carbonyl (C=O) groups is 2. The highest BCUT2D eigenvalue weighted by molar-refractivity contribution is 5.80. The second-order valence-corrected chi connectivity index (χ2v) is 6.83. The van der Waals surface area contributed by atoms with E-state index in [-0.39, 0.29) is 23.7 Å². The van der Waals surface area contributed by atoms with E-state index in [0.717, 1.165) is 37.0 Å². The van der Waals surface area contributed by atoms with Gasteiger partial charge in [-0.2, -0.15) is 0 Å². The Morgan fingerprint density at radius 3 is 2.32 bits per heavy atom. The van der Waals surface area contributed by atoms with Crippen LogP contribution in [0.2, 0.25) is 0 Å². The number of methoxy groups -OCH3 is 2. The minimum Gasteiger partial charge on any atom is -0.497 e. The van der Waals surface area contributed by atoms with Crippen LogP contribution in [0.5, 0.6) is 5.75 Å². The molecule has 138 valence electrons. The first-order chi connectivity index (χ1) is 12.0. The van der Waals surface area contributed by atoms with Crippen LogP contribution in [0.1, 0.15) is 44.6 Å². The third kappa shape index (κ3) is 5.48. The Balaban J connectivity index is 2.11. The van der Waals surface area contributed by atoms with Crippen molar-refractivity contribution in [3.63, 3.8) is 0 Å². The zero-order valence-electron chi connectivity index (χ0n) is 15.5. The normalized spacial score (nSPS) is 16.1. The van der Waals surface area contributed by atoms with Gasteiger partial charge < -0.3 is 14.4 Å². The highest BCUT2D eigenvalue weighted by atomic mass is 16.5. The van der Waals surface area contributed by atoms with Crippen LogP contribution in [-0.2, 0) is 20.9 Å². The zero-order chi connectivity index (χ0) is 18.2. The number of nitrogens with zero attached hydrogens (tertiary/aromatic N) is 1. The molecule has 1 aromatic carbocycles. The molecule has 1 fully saturated rings. The maximum atomic E-state index is 13.0. The molecule has 1 atom stereocenters. The Hall–Kier alpha value is -2.04. The molecular weight excluding hydrogens is 318 g/mol. The minimum absolute atomic E-state index is 0.0804. The van der Waals surface area contributed by atoms with Gasteiger partial charge in [0.05, 0.1) is 20.1 Å². The predicted molar refractivity (Wildman–Crippen MR) is 96.2 cm³/mol. The van der Waals surface area contributed by atoms with E-state index >= 15 is 0 Å². The van der Waals surface area contributed by atoms with Crippen LogP contribution in [0.4, 0.5) is 0 Å². The minimum atomic E-state index is -0.337. The standard InChI is InChI=1S/C20H29NO4/c1-15(20(23)25-3)13-21(19(22)17-7-5-4-6-8-17)14-16-9-11-18(24-2)12-10-16/h9-12,15,17H,4-8,13-14H2,1-3H3. The molecule has 0 heterocycles. The van der Waals surface area contributed by atoms with E-state index < -0.39 is 0 Å². The molecule has 0 N–H and O–H groups in total. The van der Waals surface area contributed by atoms with Gasteiger partial charge in [-0.25, -0.2) is 0 Å². The summed E-state index contributed by atoms with van der Waals surface area (Å²) in [5.41, 5.74) is 1.03. The number of esters is 1. The SMILES string of the molecule is COC(=O)C(C)CN(Cc1ccc(OC)cc1)C(=O)C1CCCCC1. The van der Waals surface area contributed by atoms with Crippen LogP contribution in [0.15, 0.2) is 24.3 Å². The average molecular weight is 347 g/mol. The van der Waals surface area contributed by atoms with Crippen molar-refractivity contribution in [1.82, 2.24) is 4.90 Å². The van der Waals surface area contributed by atoms with Crippen molar-refractivity contribution in [2.24, 2.45) is 11.8 Å². The summed E-state index contributed by atoms with van der Waals surface area (Å²) in [5, 5.41) is 0. The number of amides is 1. The predicted octanol–water partition coefficient (Wildman–Crippen LogP) is 3.41. The van der Waals surface area contributed by atoms with E-state index in [4.69, 9.17) is 9.47 Å². The lowest BCUT2D eigenvalue weighted by Crippen LogP contribution is -2.40. The Kier molecular flexibility index (Phi) is 7.29. The van der Waals surface area contributed by atoms with Gasteiger partial charge in [-0.1, -0.05) is 38.3 Å². The fraction of sp³-hybridized carbons (Fsp3) is 0.600. The fourth-order valence-corrected chi connectivity index (χ4v) is 3.40. The Morgan fingerprint density at radius 1 is 1.12 bits per heavy atom. The van der Waals surface area contributed by atoms with Gasteiger partial charge in [-0.15, -0.1) is 0 Å². The molecule has 2 rings (SSSR count). The third-order valence-electron chi connectivity index (χ3n) is 4.90. The molecule has 1 amide bonds. The summed E-state index contributed by atoms with van der Waals surface area (Å²) in [5.74, 6) is 0.409. The molecule has 1 unspecified atom stereocenters. The maximum absolute atomic E-state index is 13.0. The van der Waals surface area contributed by atoms with E-state index in [2.05, 4.69) is 0 Å². The Bertz CT molecular complexity index is 564. The molecule has 0 saturated heterocycles. The van der Waals surface area contributed by atoms with Crippen LogP contribution in [-0.4, -0.2) is 37.5 Å². The Morgan fingerprint density at radius 2 is 1.76 bits per heavy atom. The summed E-state index contributed by atoms with van der Waals surface area (Å²) in [4.78, 5) is 26.6. The lowest BCUT2D eigenvalue weighted by Gasteiger charge is -2.31. The molecule has 0 bridgehead atoms. The molecule has 1 aromatic rings. The van der Waals surface area contributed by atoms with Crippen LogP contribution in [0, 0.1) is 11.8 Å². The highest BCUT2D eigenvalue weighted by Crippen LogP contribution is 2.26. The molecule has 0 aromatic heterocycles. The van der Waals surface area contributed by atoms with Crippen molar-refractivity contribution in [2.75, 3.05) is 20.8 Å². The van der Waals surface area contributed by atoms with Gasteiger partial charge in [0, 0.05) is 19.0 Å². The quantitative estimate of drug-likeness (QED) is 0.709. The molecule has 1 aliphatic carbocycles. The van der Waals surface area contributed by atoms with Crippen LogP contribution < -0.4 is 4.74 Å².